The van der Waals surface area contributed by atoms with Crippen LogP contribution in [0, 0.1) is 10.1 Å². The van der Waals surface area contributed by atoms with Crippen LogP contribution in [0.4, 0.5) is 5.69 Å². The van der Waals surface area contributed by atoms with Crippen molar-refractivity contribution in [1.29, 1.82) is 0 Å². The standard InChI is InChI=1S/C31H56N2O14/c1-32-6-7-36-8-9-37-10-11-38-12-13-39-14-15-40-16-17-41-18-19-42-20-21-43-22-23-44-24-25-45-26-27-46-28-29-47-31-4-2-30(3-5-31)33(34)35/h2-5,32H,6-29H2,1H3. The topological polar surface area (TPSA) is 166 Å². The molecule has 0 heterocycles. The lowest BCUT2D eigenvalue weighted by Gasteiger charge is -2.09. The smallest absolute Gasteiger partial charge is 0.269 e. The summed E-state index contributed by atoms with van der Waals surface area (Å²) in [6.07, 6.45) is 0. The molecule has 47 heavy (non-hydrogen) atoms. The Kier molecular flexibility index (Phi) is 32.2. The first kappa shape index (κ1) is 43.0. The van der Waals surface area contributed by atoms with E-state index in [0.29, 0.717) is 158 Å². The van der Waals surface area contributed by atoms with E-state index in [4.69, 9.17) is 56.8 Å². The molecule has 0 saturated heterocycles. The van der Waals surface area contributed by atoms with Crippen molar-refractivity contribution in [3.63, 3.8) is 0 Å². The number of nitrogens with one attached hydrogen (secondary N) is 1. The van der Waals surface area contributed by atoms with Gasteiger partial charge in [0.1, 0.15) is 12.4 Å². The molecule has 0 aromatic heterocycles. The number of likely N-dealkylation sites (N-methyl/N-ethyl adjacent to an activating group) is 1. The van der Waals surface area contributed by atoms with Crippen LogP contribution in [-0.2, 0) is 52.1 Å². The highest BCUT2D eigenvalue weighted by atomic mass is 16.6. The van der Waals surface area contributed by atoms with Crippen LogP contribution < -0.4 is 10.1 Å². The van der Waals surface area contributed by atoms with Gasteiger partial charge in [-0.2, -0.15) is 0 Å². The SMILES string of the molecule is CNCCOCCOCCOCCOCCOCCOCCOCCOCCOCCOCCOCCOc1ccc([N+](=O)[O-])cc1. The first-order chi connectivity index (χ1) is 23.2. The number of hydrogen-bond acceptors (Lipinski definition) is 15. The number of rotatable bonds is 38. The van der Waals surface area contributed by atoms with E-state index in [2.05, 4.69) is 5.32 Å². The van der Waals surface area contributed by atoms with E-state index in [9.17, 15) is 10.1 Å². The average molecular weight is 681 g/mol. The molecule has 0 fully saturated rings. The number of ether oxygens (including phenoxy) is 12. The number of benzene rings is 1. The number of non-ortho nitro benzene ring substituents is 1. The molecular formula is C31H56N2O14. The normalized spacial score (nSPS) is 11.3. The Morgan fingerprint density at radius 3 is 0.957 bits per heavy atom. The molecule has 274 valence electrons. The van der Waals surface area contributed by atoms with Crippen LogP contribution in [0.15, 0.2) is 24.3 Å². The Hall–Kier alpha value is -2.06. The zero-order valence-electron chi connectivity index (χ0n) is 27.9. The molecule has 16 heteroatoms. The highest BCUT2D eigenvalue weighted by molar-refractivity contribution is 5.35. The first-order valence-corrected chi connectivity index (χ1v) is 16.1. The average Bonchev–Trinajstić information content (AvgIpc) is 3.08. The molecule has 0 aliphatic carbocycles. The summed E-state index contributed by atoms with van der Waals surface area (Å²) in [6.45, 7) is 12.3. The van der Waals surface area contributed by atoms with Crippen molar-refractivity contribution >= 4 is 5.69 Å². The molecule has 0 aliphatic rings. The Bertz CT molecular complexity index is 794. The van der Waals surface area contributed by atoms with Crippen molar-refractivity contribution in [3.8, 4) is 5.75 Å². The second-order valence-electron chi connectivity index (χ2n) is 9.44. The number of nitrogens with zero attached hydrogens (tertiary/aromatic N) is 1. The molecule has 0 spiro atoms. The zero-order chi connectivity index (χ0) is 33.7. The van der Waals surface area contributed by atoms with Crippen molar-refractivity contribution in [2.24, 2.45) is 0 Å². The molecule has 0 aliphatic heterocycles. The van der Waals surface area contributed by atoms with Gasteiger partial charge in [-0.05, 0) is 19.2 Å². The fourth-order valence-electron chi connectivity index (χ4n) is 3.36. The van der Waals surface area contributed by atoms with E-state index in [1.807, 2.05) is 7.05 Å². The van der Waals surface area contributed by atoms with Gasteiger partial charge in [0.2, 0.25) is 0 Å². The lowest BCUT2D eigenvalue weighted by atomic mass is 10.3. The number of nitro groups is 1. The maximum absolute atomic E-state index is 10.6. The van der Waals surface area contributed by atoms with Gasteiger partial charge < -0.3 is 62.2 Å². The van der Waals surface area contributed by atoms with Gasteiger partial charge in [-0.3, -0.25) is 10.1 Å². The van der Waals surface area contributed by atoms with E-state index >= 15 is 0 Å². The lowest BCUT2D eigenvalue weighted by Crippen LogP contribution is -2.17. The summed E-state index contributed by atoms with van der Waals surface area (Å²) in [5.41, 5.74) is 0.0255. The summed E-state index contributed by atoms with van der Waals surface area (Å²) in [4.78, 5) is 10.2. The van der Waals surface area contributed by atoms with E-state index < -0.39 is 4.92 Å². The van der Waals surface area contributed by atoms with Crippen molar-refractivity contribution in [2.75, 3.05) is 166 Å². The third-order valence-corrected chi connectivity index (χ3v) is 5.76. The summed E-state index contributed by atoms with van der Waals surface area (Å²) in [6, 6.07) is 5.91. The maximum atomic E-state index is 10.6. The molecule has 0 bridgehead atoms. The third-order valence-electron chi connectivity index (χ3n) is 5.76. The molecule has 0 radical (unpaired) electrons. The second kappa shape index (κ2) is 35.3. The fourth-order valence-corrected chi connectivity index (χ4v) is 3.36. The van der Waals surface area contributed by atoms with Gasteiger partial charge in [0.25, 0.3) is 5.69 Å². The highest BCUT2D eigenvalue weighted by Gasteiger charge is 2.04. The first-order valence-electron chi connectivity index (χ1n) is 16.1. The minimum Gasteiger partial charge on any atom is -0.491 e. The van der Waals surface area contributed by atoms with Gasteiger partial charge in [0, 0.05) is 18.7 Å². The van der Waals surface area contributed by atoms with Crippen LogP contribution >= 0.6 is 0 Å². The monoisotopic (exact) mass is 680 g/mol. The van der Waals surface area contributed by atoms with Gasteiger partial charge in [-0.15, -0.1) is 0 Å². The third kappa shape index (κ3) is 31.0. The van der Waals surface area contributed by atoms with Crippen LogP contribution in [0.1, 0.15) is 0 Å². The van der Waals surface area contributed by atoms with Gasteiger partial charge in [-0.25, -0.2) is 0 Å². The van der Waals surface area contributed by atoms with Crippen LogP contribution in [0.2, 0.25) is 0 Å². The second-order valence-corrected chi connectivity index (χ2v) is 9.44. The van der Waals surface area contributed by atoms with Crippen molar-refractivity contribution in [3.05, 3.63) is 34.4 Å². The molecule has 1 aromatic rings. The Morgan fingerprint density at radius 1 is 0.447 bits per heavy atom. The van der Waals surface area contributed by atoms with Gasteiger partial charge >= 0.3 is 0 Å². The summed E-state index contributed by atoms with van der Waals surface area (Å²) >= 11 is 0. The Balaban J connectivity index is 1.64. The summed E-state index contributed by atoms with van der Waals surface area (Å²) in [5.74, 6) is 0.556. The quantitative estimate of drug-likeness (QED) is 0.0604. The van der Waals surface area contributed by atoms with Gasteiger partial charge in [0.15, 0.2) is 0 Å². The molecule has 0 saturated carbocycles. The van der Waals surface area contributed by atoms with Crippen molar-refractivity contribution < 1.29 is 61.8 Å². The van der Waals surface area contributed by atoms with E-state index in [1.165, 1.54) is 12.1 Å². The molecular weight excluding hydrogens is 624 g/mol. The molecule has 1 aromatic carbocycles. The van der Waals surface area contributed by atoms with Crippen molar-refractivity contribution in [1.82, 2.24) is 5.32 Å². The predicted octanol–water partition coefficient (Wildman–Crippen LogP) is 1.38. The molecule has 0 unspecified atom stereocenters. The Labute approximate surface area is 278 Å². The predicted molar refractivity (Wildman–Crippen MR) is 172 cm³/mol. The van der Waals surface area contributed by atoms with E-state index in [1.54, 1.807) is 12.1 Å². The van der Waals surface area contributed by atoms with Crippen molar-refractivity contribution in [2.45, 2.75) is 0 Å². The summed E-state index contributed by atoms with van der Waals surface area (Å²) in [7, 11) is 1.89. The Morgan fingerprint density at radius 2 is 0.702 bits per heavy atom. The summed E-state index contributed by atoms with van der Waals surface area (Å²) in [5, 5.41) is 13.6. The van der Waals surface area contributed by atoms with Gasteiger partial charge in [-0.1, -0.05) is 0 Å². The van der Waals surface area contributed by atoms with E-state index in [0.717, 1.165) is 6.54 Å². The molecule has 0 amide bonds. The minimum atomic E-state index is -0.452. The molecule has 1 N–H and O–H groups in total. The molecule has 1 rings (SSSR count). The number of nitro benzene ring substituents is 1. The molecule has 0 atom stereocenters. The highest BCUT2D eigenvalue weighted by Crippen LogP contribution is 2.17. The molecule has 16 nitrogen and oxygen atoms in total. The largest absolute Gasteiger partial charge is 0.491 e. The fraction of sp³-hybridized carbons (Fsp3) is 0.806. The van der Waals surface area contributed by atoms with Crippen LogP contribution in [-0.4, -0.2) is 170 Å². The van der Waals surface area contributed by atoms with Gasteiger partial charge in [0.05, 0.1) is 150 Å². The lowest BCUT2D eigenvalue weighted by molar-refractivity contribution is -0.384. The maximum Gasteiger partial charge on any atom is 0.269 e. The van der Waals surface area contributed by atoms with Crippen LogP contribution in [0.25, 0.3) is 0 Å². The number of hydrogen-bond donors (Lipinski definition) is 1. The minimum absolute atomic E-state index is 0.0255. The van der Waals surface area contributed by atoms with Crippen LogP contribution in [0.5, 0.6) is 5.75 Å². The summed E-state index contributed by atoms with van der Waals surface area (Å²) < 4.78 is 65.3. The van der Waals surface area contributed by atoms with Crippen LogP contribution in [0.3, 0.4) is 0 Å². The van der Waals surface area contributed by atoms with E-state index in [-0.39, 0.29) is 5.69 Å². The zero-order valence-corrected chi connectivity index (χ0v) is 27.9.